The molecule has 0 unspecified atom stereocenters. The molecular formula is C33H30N2O8. The van der Waals surface area contributed by atoms with Gasteiger partial charge in [-0.3, -0.25) is 19.3 Å². The average Bonchev–Trinajstić information content (AvgIpc) is 3.42. The molecule has 1 spiro atoms. The maximum Gasteiger partial charge on any atom is 0.300 e. The molecule has 10 nitrogen and oxygen atoms in total. The van der Waals surface area contributed by atoms with Crippen molar-refractivity contribution >= 4 is 34.7 Å². The maximum absolute atomic E-state index is 14.9. The molecule has 220 valence electrons. The number of hydrogen-bond donors (Lipinski definition) is 2. The summed E-state index contributed by atoms with van der Waals surface area (Å²) in [5.74, 6) is -2.12. The summed E-state index contributed by atoms with van der Waals surface area (Å²) >= 11 is 0. The molecule has 1 fully saturated rings. The molecule has 2 amide bonds. The van der Waals surface area contributed by atoms with E-state index in [1.165, 1.54) is 51.7 Å². The first-order chi connectivity index (χ1) is 20.5. The Morgan fingerprint density at radius 1 is 0.860 bits per heavy atom. The van der Waals surface area contributed by atoms with Crippen LogP contribution in [0.2, 0.25) is 0 Å². The van der Waals surface area contributed by atoms with Crippen molar-refractivity contribution in [1.82, 2.24) is 4.90 Å². The molecule has 0 aromatic heterocycles. The number of Topliss-reactive ketones (excluding diaryl/α,β-unsaturated/α-hetero) is 1. The SMILES string of the molecule is COc1ccc(C(O)=C2C(=O)C(=O)N(c3ccccc3O)[C@@]23C=C2c4cc(OC)c(OC)cc4CC(C)(C)N2C3=O)cc1. The van der Waals surface area contributed by atoms with Crippen molar-refractivity contribution in [3.63, 3.8) is 0 Å². The molecule has 2 N–H and O–H groups in total. The number of fused-ring (bicyclic) bond motifs is 3. The lowest BCUT2D eigenvalue weighted by Gasteiger charge is -2.44. The van der Waals surface area contributed by atoms with E-state index in [-0.39, 0.29) is 17.0 Å². The van der Waals surface area contributed by atoms with Gasteiger partial charge in [-0.05, 0) is 80.4 Å². The number of benzene rings is 3. The lowest BCUT2D eigenvalue weighted by Crippen LogP contribution is -2.58. The van der Waals surface area contributed by atoms with E-state index in [0.717, 1.165) is 10.5 Å². The van der Waals surface area contributed by atoms with Crippen LogP contribution in [0.4, 0.5) is 5.69 Å². The van der Waals surface area contributed by atoms with E-state index in [2.05, 4.69) is 0 Å². The summed E-state index contributed by atoms with van der Waals surface area (Å²) in [5.41, 5.74) is -1.24. The highest BCUT2D eigenvalue weighted by atomic mass is 16.5. The number of aliphatic hydroxyl groups is 1. The number of methoxy groups -OCH3 is 3. The number of para-hydroxylation sites is 2. The minimum atomic E-state index is -2.11. The molecule has 0 aliphatic carbocycles. The van der Waals surface area contributed by atoms with Gasteiger partial charge in [-0.25, -0.2) is 0 Å². The Balaban J connectivity index is 1.70. The standard InChI is InChI=1S/C33H30N2O8/c1-32(2)16-19-14-25(42-4)26(43-5)15-21(19)23-17-33(31(40)35(23)32)27(28(37)18-10-12-20(41-3)13-11-18)29(38)30(39)34(33)22-8-6-7-9-24(22)36/h6-15,17,36-37H,16H2,1-5H3/t33-/m0/s1. The molecule has 43 heavy (non-hydrogen) atoms. The van der Waals surface area contributed by atoms with Crippen molar-refractivity contribution in [3.05, 3.63) is 89.0 Å². The lowest BCUT2D eigenvalue weighted by molar-refractivity contribution is -0.134. The molecule has 3 aromatic carbocycles. The topological polar surface area (TPSA) is 126 Å². The van der Waals surface area contributed by atoms with E-state index in [9.17, 15) is 24.6 Å². The van der Waals surface area contributed by atoms with Gasteiger partial charge in [0.2, 0.25) is 0 Å². The summed E-state index contributed by atoms with van der Waals surface area (Å²) in [5, 5.41) is 22.6. The molecule has 0 radical (unpaired) electrons. The number of carbonyl (C=O) groups is 3. The smallest absolute Gasteiger partial charge is 0.300 e. The second kappa shape index (κ2) is 9.65. The summed E-state index contributed by atoms with van der Waals surface area (Å²) in [6.07, 6.45) is 1.95. The number of carbonyl (C=O) groups excluding carboxylic acids is 3. The Morgan fingerprint density at radius 3 is 2.14 bits per heavy atom. The normalized spacial score (nSPS) is 21.5. The van der Waals surface area contributed by atoms with Gasteiger partial charge in [0, 0.05) is 16.7 Å². The van der Waals surface area contributed by atoms with E-state index < -0.39 is 40.0 Å². The maximum atomic E-state index is 14.9. The molecular weight excluding hydrogens is 552 g/mol. The second-order valence-corrected chi connectivity index (χ2v) is 11.2. The van der Waals surface area contributed by atoms with Crippen molar-refractivity contribution in [2.24, 2.45) is 0 Å². The van der Waals surface area contributed by atoms with Crippen LogP contribution in [0.5, 0.6) is 23.0 Å². The van der Waals surface area contributed by atoms with Gasteiger partial charge in [0.05, 0.1) is 38.3 Å². The molecule has 3 aromatic rings. The van der Waals surface area contributed by atoms with Gasteiger partial charge in [-0.15, -0.1) is 0 Å². The third-order valence-corrected chi connectivity index (χ3v) is 8.31. The summed E-state index contributed by atoms with van der Waals surface area (Å²) < 4.78 is 16.3. The Hall–Kier alpha value is -5.25. The van der Waals surface area contributed by atoms with E-state index in [1.54, 1.807) is 35.2 Å². The van der Waals surface area contributed by atoms with Gasteiger partial charge in [0.15, 0.2) is 17.0 Å². The first kappa shape index (κ1) is 27.9. The highest BCUT2D eigenvalue weighted by Gasteiger charge is 2.67. The van der Waals surface area contributed by atoms with Crippen LogP contribution in [0, 0.1) is 0 Å². The molecule has 1 saturated heterocycles. The van der Waals surface area contributed by atoms with Crippen LogP contribution in [0.1, 0.15) is 30.5 Å². The fourth-order valence-corrected chi connectivity index (χ4v) is 6.38. The van der Waals surface area contributed by atoms with Crippen LogP contribution < -0.4 is 19.1 Å². The molecule has 1 atom stereocenters. The first-order valence-electron chi connectivity index (χ1n) is 13.6. The minimum Gasteiger partial charge on any atom is -0.507 e. The Morgan fingerprint density at radius 2 is 1.51 bits per heavy atom. The van der Waals surface area contributed by atoms with Gasteiger partial charge >= 0.3 is 5.91 Å². The van der Waals surface area contributed by atoms with E-state index >= 15 is 0 Å². The number of anilines is 1. The molecule has 3 aliphatic heterocycles. The fraction of sp³-hybridized carbons (Fsp3) is 0.242. The Bertz CT molecular complexity index is 1770. The number of ketones is 1. The Labute approximate surface area is 248 Å². The second-order valence-electron chi connectivity index (χ2n) is 11.2. The van der Waals surface area contributed by atoms with Crippen LogP contribution in [-0.2, 0) is 20.8 Å². The number of nitrogens with zero attached hydrogens (tertiary/aromatic N) is 2. The van der Waals surface area contributed by atoms with Gasteiger partial charge in [0.1, 0.15) is 17.3 Å². The van der Waals surface area contributed by atoms with Crippen molar-refractivity contribution in [3.8, 4) is 23.0 Å². The van der Waals surface area contributed by atoms with Crippen LogP contribution in [0.25, 0.3) is 11.5 Å². The predicted molar refractivity (Wildman–Crippen MR) is 158 cm³/mol. The number of hydrogen-bond acceptors (Lipinski definition) is 8. The summed E-state index contributed by atoms with van der Waals surface area (Å²) in [7, 11) is 4.54. The van der Waals surface area contributed by atoms with Crippen molar-refractivity contribution in [1.29, 1.82) is 0 Å². The van der Waals surface area contributed by atoms with Gasteiger partial charge in [-0.1, -0.05) is 12.1 Å². The highest BCUT2D eigenvalue weighted by Crippen LogP contribution is 2.54. The van der Waals surface area contributed by atoms with Crippen LogP contribution in [0.3, 0.4) is 0 Å². The van der Waals surface area contributed by atoms with E-state index in [1.807, 2.05) is 19.9 Å². The quantitative estimate of drug-likeness (QED) is 0.260. The van der Waals surface area contributed by atoms with Crippen molar-refractivity contribution < 1.29 is 38.8 Å². The number of phenolic OH excluding ortho intramolecular Hbond substituents is 1. The first-order valence-corrected chi connectivity index (χ1v) is 13.6. The highest BCUT2D eigenvalue weighted by molar-refractivity contribution is 6.55. The van der Waals surface area contributed by atoms with Crippen LogP contribution in [-0.4, -0.2) is 65.1 Å². The third-order valence-electron chi connectivity index (χ3n) is 8.31. The van der Waals surface area contributed by atoms with Gasteiger partial charge in [0.25, 0.3) is 11.7 Å². The van der Waals surface area contributed by atoms with Crippen molar-refractivity contribution in [2.75, 3.05) is 26.2 Å². The number of ether oxygens (including phenoxy) is 3. The fourth-order valence-electron chi connectivity index (χ4n) is 6.38. The van der Waals surface area contributed by atoms with Crippen LogP contribution in [0.15, 0.2) is 72.3 Å². The summed E-state index contributed by atoms with van der Waals surface area (Å²) in [6, 6.07) is 15.8. The number of amides is 2. The minimum absolute atomic E-state index is 0.0474. The van der Waals surface area contributed by atoms with Gasteiger partial charge < -0.3 is 29.3 Å². The molecule has 10 heteroatoms. The number of phenols is 1. The lowest BCUT2D eigenvalue weighted by atomic mass is 9.84. The molecule has 0 saturated carbocycles. The zero-order chi connectivity index (χ0) is 30.8. The monoisotopic (exact) mass is 582 g/mol. The number of rotatable bonds is 5. The predicted octanol–water partition coefficient (Wildman–Crippen LogP) is 4.26. The molecule has 0 bridgehead atoms. The number of aromatic hydroxyl groups is 1. The van der Waals surface area contributed by atoms with Gasteiger partial charge in [-0.2, -0.15) is 0 Å². The molecule has 3 heterocycles. The largest absolute Gasteiger partial charge is 0.507 e. The van der Waals surface area contributed by atoms with Crippen molar-refractivity contribution in [2.45, 2.75) is 31.3 Å². The zero-order valence-electron chi connectivity index (χ0n) is 24.3. The van der Waals surface area contributed by atoms with Crippen LogP contribution >= 0.6 is 0 Å². The summed E-state index contributed by atoms with van der Waals surface area (Å²) in [4.78, 5) is 45.2. The van der Waals surface area contributed by atoms with E-state index in [4.69, 9.17) is 14.2 Å². The Kier molecular flexibility index (Phi) is 6.26. The summed E-state index contributed by atoms with van der Waals surface area (Å²) in [6.45, 7) is 3.76. The number of aliphatic hydroxyl groups excluding tert-OH is 1. The molecule has 6 rings (SSSR count). The average molecular weight is 583 g/mol. The zero-order valence-corrected chi connectivity index (χ0v) is 24.3. The molecule has 3 aliphatic rings. The third kappa shape index (κ3) is 3.82. The van der Waals surface area contributed by atoms with E-state index in [0.29, 0.717) is 34.9 Å².